The molecule has 1 aromatic carbocycles. The Labute approximate surface area is 140 Å². The Morgan fingerprint density at radius 3 is 2.57 bits per heavy atom. The molecule has 0 aliphatic carbocycles. The van der Waals surface area contributed by atoms with Crippen LogP contribution in [-0.4, -0.2) is 23.4 Å². The fraction of sp³-hybridized carbons (Fsp3) is 0.333. The Hall–Kier alpha value is -2.07. The summed E-state index contributed by atoms with van der Waals surface area (Å²) in [6.45, 7) is 0.741. The second-order valence-corrected chi connectivity index (χ2v) is 6.14. The number of hydrogen-bond acceptors (Lipinski definition) is 3. The highest BCUT2D eigenvalue weighted by atomic mass is 35.5. The molecule has 1 aromatic heterocycles. The number of benzene rings is 1. The second-order valence-electron chi connectivity index (χ2n) is 5.70. The summed E-state index contributed by atoms with van der Waals surface area (Å²) >= 11 is 5.88. The minimum atomic E-state index is -0.297. The normalized spacial score (nSPS) is 17.2. The Morgan fingerprint density at radius 1 is 1.13 bits per heavy atom. The molecule has 0 radical (unpaired) electrons. The average molecular weight is 332 g/mol. The van der Waals surface area contributed by atoms with Crippen molar-refractivity contribution in [3.8, 4) is 0 Å². The molecule has 0 amide bonds. The number of aromatic nitrogens is 1. The van der Waals surface area contributed by atoms with E-state index in [1.165, 1.54) is 7.11 Å². The minimum Gasteiger partial charge on any atom is -0.469 e. The first-order valence-electron chi connectivity index (χ1n) is 7.69. The van der Waals surface area contributed by atoms with Crippen molar-refractivity contribution in [2.24, 2.45) is 0 Å². The summed E-state index contributed by atoms with van der Waals surface area (Å²) in [7, 11) is 1.40. The third-order valence-electron chi connectivity index (χ3n) is 4.32. The molecule has 2 heterocycles. The van der Waals surface area contributed by atoms with Crippen LogP contribution in [0.1, 0.15) is 46.9 Å². The van der Waals surface area contributed by atoms with Gasteiger partial charge >= 0.3 is 5.97 Å². The van der Waals surface area contributed by atoms with Crippen LogP contribution in [-0.2, 0) is 16.1 Å². The summed E-state index contributed by atoms with van der Waals surface area (Å²) in [5.74, 6) is -0.593. The number of carbonyl (C=O) groups excluding carboxylic acids is 2. The molecule has 0 saturated carbocycles. The third kappa shape index (κ3) is 3.04. The fourth-order valence-corrected chi connectivity index (χ4v) is 3.26. The average Bonchev–Trinajstić information content (AvgIpc) is 2.86. The number of rotatable bonds is 3. The van der Waals surface area contributed by atoms with E-state index in [2.05, 4.69) is 0 Å². The van der Waals surface area contributed by atoms with Gasteiger partial charge in [0.1, 0.15) is 0 Å². The maximum absolute atomic E-state index is 12.8. The van der Waals surface area contributed by atoms with Crippen LogP contribution in [0.3, 0.4) is 0 Å². The largest absolute Gasteiger partial charge is 0.469 e. The number of carbonyl (C=O) groups is 2. The number of methoxy groups -OCH3 is 1. The minimum absolute atomic E-state index is 0.0570. The zero-order chi connectivity index (χ0) is 16.4. The van der Waals surface area contributed by atoms with Gasteiger partial charge in [0.2, 0.25) is 5.78 Å². The van der Waals surface area contributed by atoms with E-state index in [1.807, 2.05) is 10.6 Å². The second kappa shape index (κ2) is 6.59. The van der Waals surface area contributed by atoms with Gasteiger partial charge in [-0.2, -0.15) is 0 Å². The van der Waals surface area contributed by atoms with E-state index in [4.69, 9.17) is 16.3 Å². The fourth-order valence-electron chi connectivity index (χ4n) is 3.13. The van der Waals surface area contributed by atoms with Gasteiger partial charge in [-0.05, 0) is 49.2 Å². The summed E-state index contributed by atoms with van der Waals surface area (Å²) in [4.78, 5) is 24.8. The van der Waals surface area contributed by atoms with Crippen LogP contribution in [0.2, 0.25) is 5.02 Å². The van der Waals surface area contributed by atoms with Crippen LogP contribution < -0.4 is 0 Å². The highest BCUT2D eigenvalue weighted by Crippen LogP contribution is 2.30. The van der Waals surface area contributed by atoms with E-state index in [-0.39, 0.29) is 17.7 Å². The Bertz CT molecular complexity index is 733. The van der Waals surface area contributed by atoms with Gasteiger partial charge in [-0.1, -0.05) is 18.0 Å². The van der Waals surface area contributed by atoms with Gasteiger partial charge in [-0.3, -0.25) is 9.59 Å². The van der Waals surface area contributed by atoms with Crippen LogP contribution in [0.25, 0.3) is 0 Å². The predicted molar refractivity (Wildman–Crippen MR) is 87.9 cm³/mol. The highest BCUT2D eigenvalue weighted by Gasteiger charge is 2.29. The molecule has 0 saturated heterocycles. The predicted octanol–water partition coefficient (Wildman–Crippen LogP) is 3.81. The molecule has 1 aliphatic heterocycles. The van der Waals surface area contributed by atoms with E-state index < -0.39 is 0 Å². The lowest BCUT2D eigenvalue weighted by Gasteiger charge is -2.15. The first kappa shape index (κ1) is 15.8. The number of fused-ring (bicyclic) bond motifs is 1. The monoisotopic (exact) mass is 331 g/mol. The molecule has 0 spiro atoms. The summed E-state index contributed by atoms with van der Waals surface area (Å²) in [6, 6.07) is 10.5. The maximum atomic E-state index is 12.8. The quantitative estimate of drug-likeness (QED) is 0.634. The first-order valence-corrected chi connectivity index (χ1v) is 8.07. The van der Waals surface area contributed by atoms with Gasteiger partial charge in [-0.15, -0.1) is 0 Å². The first-order chi connectivity index (χ1) is 11.1. The molecule has 1 unspecified atom stereocenters. The lowest BCUT2D eigenvalue weighted by atomic mass is 10.00. The summed E-state index contributed by atoms with van der Waals surface area (Å²) in [5, 5.41) is 0.598. The van der Waals surface area contributed by atoms with Crippen molar-refractivity contribution in [2.45, 2.75) is 31.7 Å². The number of hydrogen-bond donors (Lipinski definition) is 0. The van der Waals surface area contributed by atoms with Gasteiger partial charge in [-0.25, -0.2) is 0 Å². The maximum Gasteiger partial charge on any atom is 0.314 e. The van der Waals surface area contributed by atoms with Crippen molar-refractivity contribution in [2.75, 3.05) is 7.11 Å². The topological polar surface area (TPSA) is 48.3 Å². The molecule has 1 aliphatic rings. The zero-order valence-electron chi connectivity index (χ0n) is 12.9. The van der Waals surface area contributed by atoms with Crippen LogP contribution in [0, 0.1) is 0 Å². The third-order valence-corrected chi connectivity index (χ3v) is 4.57. The molecule has 0 N–H and O–H groups in total. The molecule has 4 nitrogen and oxygen atoms in total. The molecule has 3 rings (SSSR count). The van der Waals surface area contributed by atoms with Crippen molar-refractivity contribution in [1.29, 1.82) is 0 Å². The van der Waals surface area contributed by atoms with Gasteiger partial charge in [0.05, 0.1) is 18.7 Å². The molecular formula is C18H18ClNO3. The van der Waals surface area contributed by atoms with Crippen molar-refractivity contribution < 1.29 is 14.3 Å². The summed E-state index contributed by atoms with van der Waals surface area (Å²) < 4.78 is 6.88. The van der Waals surface area contributed by atoms with Gasteiger partial charge in [0.15, 0.2) is 0 Å². The molecule has 23 heavy (non-hydrogen) atoms. The van der Waals surface area contributed by atoms with E-state index in [1.54, 1.807) is 30.3 Å². The van der Waals surface area contributed by atoms with Crippen LogP contribution >= 0.6 is 11.6 Å². The molecule has 1 atom stereocenters. The van der Waals surface area contributed by atoms with Crippen LogP contribution in [0.15, 0.2) is 36.4 Å². The van der Waals surface area contributed by atoms with E-state index in [9.17, 15) is 9.59 Å². The molecule has 2 aromatic rings. The summed E-state index contributed by atoms with van der Waals surface area (Å²) in [6.07, 6.45) is 2.64. The van der Waals surface area contributed by atoms with Gasteiger partial charge in [0, 0.05) is 22.8 Å². The number of halogens is 1. The van der Waals surface area contributed by atoms with E-state index in [0.29, 0.717) is 16.3 Å². The number of ketones is 1. The van der Waals surface area contributed by atoms with Crippen LogP contribution in [0.4, 0.5) is 0 Å². The number of esters is 1. The smallest absolute Gasteiger partial charge is 0.314 e. The SMILES string of the molecule is COC(=O)C1CCCCn2c(C(=O)c3ccc(Cl)cc3)ccc21. The molecule has 5 heteroatoms. The number of ether oxygens (including phenoxy) is 1. The number of nitrogens with zero attached hydrogens (tertiary/aromatic N) is 1. The van der Waals surface area contributed by atoms with Crippen LogP contribution in [0.5, 0.6) is 0 Å². The Kier molecular flexibility index (Phi) is 4.53. The van der Waals surface area contributed by atoms with Crippen molar-refractivity contribution in [3.05, 3.63) is 58.4 Å². The Morgan fingerprint density at radius 2 is 1.87 bits per heavy atom. The lowest BCUT2D eigenvalue weighted by Crippen LogP contribution is -2.18. The summed E-state index contributed by atoms with van der Waals surface area (Å²) in [5.41, 5.74) is 2.07. The Balaban J connectivity index is 1.99. The van der Waals surface area contributed by atoms with Gasteiger partial charge in [0.25, 0.3) is 0 Å². The molecular weight excluding hydrogens is 314 g/mol. The standard InChI is InChI=1S/C18H18ClNO3/c1-23-18(22)14-4-2-3-11-20-15(14)9-10-16(20)17(21)12-5-7-13(19)8-6-12/h5-10,14H,2-4,11H2,1H3. The van der Waals surface area contributed by atoms with Crippen molar-refractivity contribution in [1.82, 2.24) is 4.57 Å². The van der Waals surface area contributed by atoms with Crippen molar-refractivity contribution >= 4 is 23.4 Å². The van der Waals surface area contributed by atoms with E-state index in [0.717, 1.165) is 31.5 Å². The highest BCUT2D eigenvalue weighted by molar-refractivity contribution is 6.30. The zero-order valence-corrected chi connectivity index (χ0v) is 13.7. The van der Waals surface area contributed by atoms with Crippen molar-refractivity contribution in [3.63, 3.8) is 0 Å². The molecule has 0 bridgehead atoms. The van der Waals surface area contributed by atoms with E-state index >= 15 is 0 Å². The lowest BCUT2D eigenvalue weighted by molar-refractivity contribution is -0.142. The molecule has 0 fully saturated rings. The van der Waals surface area contributed by atoms with Gasteiger partial charge < -0.3 is 9.30 Å². The molecule has 120 valence electrons.